The fourth-order valence-electron chi connectivity index (χ4n) is 1.01. The highest BCUT2D eigenvalue weighted by atomic mass is 16.8. The van der Waals surface area contributed by atoms with Crippen LogP contribution in [0.4, 0.5) is 4.79 Å². The van der Waals surface area contributed by atoms with E-state index in [0.29, 0.717) is 5.92 Å². The van der Waals surface area contributed by atoms with Gasteiger partial charge in [0.1, 0.15) is 5.60 Å². The average Bonchev–Trinajstić information content (AvgIpc) is 1.96. The molecule has 0 aliphatic rings. The molecule has 0 bridgehead atoms. The van der Waals surface area contributed by atoms with Crippen LogP contribution in [0.3, 0.4) is 0 Å². The SMILES string of the molecule is CC(CC(C)C)=NOC(=O)OC(C)(C)C. The van der Waals surface area contributed by atoms with Gasteiger partial charge in [0.25, 0.3) is 0 Å². The van der Waals surface area contributed by atoms with Crippen molar-refractivity contribution >= 4 is 11.9 Å². The quantitative estimate of drug-likeness (QED) is 0.314. The fourth-order valence-corrected chi connectivity index (χ4v) is 1.01. The monoisotopic (exact) mass is 215 g/mol. The number of nitrogens with zero attached hydrogens (tertiary/aromatic N) is 1. The van der Waals surface area contributed by atoms with Gasteiger partial charge in [0, 0.05) is 0 Å². The Balaban J connectivity index is 3.99. The molecular weight excluding hydrogens is 194 g/mol. The zero-order chi connectivity index (χ0) is 12.1. The van der Waals surface area contributed by atoms with Crippen LogP contribution < -0.4 is 0 Å². The second-order valence-corrected chi connectivity index (χ2v) is 4.98. The predicted octanol–water partition coefficient (Wildman–Crippen LogP) is 3.36. The fraction of sp³-hybridized carbons (Fsp3) is 0.818. The molecule has 0 aromatic rings. The summed E-state index contributed by atoms with van der Waals surface area (Å²) in [6.45, 7) is 11.3. The minimum absolute atomic E-state index is 0.496. The van der Waals surface area contributed by atoms with Gasteiger partial charge < -0.3 is 4.74 Å². The Hall–Kier alpha value is -1.06. The zero-order valence-electron chi connectivity index (χ0n) is 10.5. The third kappa shape index (κ3) is 9.25. The van der Waals surface area contributed by atoms with Gasteiger partial charge in [-0.2, -0.15) is 0 Å². The molecule has 0 aromatic heterocycles. The summed E-state index contributed by atoms with van der Waals surface area (Å²) in [4.78, 5) is 15.7. The van der Waals surface area contributed by atoms with Crippen molar-refractivity contribution in [1.82, 2.24) is 0 Å². The van der Waals surface area contributed by atoms with Gasteiger partial charge in [0.2, 0.25) is 0 Å². The number of oxime groups is 1. The smallest absolute Gasteiger partial charge is 0.427 e. The second-order valence-electron chi connectivity index (χ2n) is 4.98. The van der Waals surface area contributed by atoms with Crippen molar-refractivity contribution in [2.45, 2.75) is 53.6 Å². The van der Waals surface area contributed by atoms with Crippen LogP contribution in [0.5, 0.6) is 0 Å². The number of carbonyl (C=O) groups is 1. The van der Waals surface area contributed by atoms with Crippen molar-refractivity contribution < 1.29 is 14.4 Å². The molecule has 0 aliphatic heterocycles. The molecule has 0 radical (unpaired) electrons. The maximum absolute atomic E-state index is 11.1. The highest BCUT2D eigenvalue weighted by Gasteiger charge is 2.17. The van der Waals surface area contributed by atoms with Gasteiger partial charge >= 0.3 is 6.16 Å². The molecule has 0 aromatic carbocycles. The third-order valence-corrected chi connectivity index (χ3v) is 1.37. The molecule has 15 heavy (non-hydrogen) atoms. The van der Waals surface area contributed by atoms with Gasteiger partial charge in [0.15, 0.2) is 0 Å². The van der Waals surface area contributed by atoms with Crippen LogP contribution >= 0.6 is 0 Å². The van der Waals surface area contributed by atoms with E-state index in [1.54, 1.807) is 20.8 Å². The second kappa shape index (κ2) is 5.73. The molecule has 88 valence electrons. The van der Waals surface area contributed by atoms with Crippen molar-refractivity contribution in [3.05, 3.63) is 0 Å². The topological polar surface area (TPSA) is 47.9 Å². The molecule has 0 spiro atoms. The van der Waals surface area contributed by atoms with Crippen LogP contribution in [-0.4, -0.2) is 17.5 Å². The zero-order valence-corrected chi connectivity index (χ0v) is 10.5. The molecule has 0 N–H and O–H groups in total. The summed E-state index contributed by atoms with van der Waals surface area (Å²) in [6, 6.07) is 0. The lowest BCUT2D eigenvalue weighted by Gasteiger charge is -2.17. The highest BCUT2D eigenvalue weighted by Crippen LogP contribution is 2.08. The molecule has 0 saturated carbocycles. The first-order valence-corrected chi connectivity index (χ1v) is 5.14. The summed E-state index contributed by atoms with van der Waals surface area (Å²) in [5.74, 6) is 0.496. The van der Waals surface area contributed by atoms with E-state index in [1.165, 1.54) is 0 Å². The summed E-state index contributed by atoms with van der Waals surface area (Å²) in [5.41, 5.74) is 0.245. The van der Waals surface area contributed by atoms with E-state index in [9.17, 15) is 4.79 Å². The first-order valence-electron chi connectivity index (χ1n) is 5.14. The summed E-state index contributed by atoms with van der Waals surface area (Å²) in [6.07, 6.45) is 0.0496. The Morgan fingerprint density at radius 1 is 1.33 bits per heavy atom. The highest BCUT2D eigenvalue weighted by molar-refractivity contribution is 5.82. The van der Waals surface area contributed by atoms with Crippen LogP contribution in [0.2, 0.25) is 0 Å². The first kappa shape index (κ1) is 13.9. The maximum Gasteiger partial charge on any atom is 0.535 e. The lowest BCUT2D eigenvalue weighted by atomic mass is 10.1. The normalized spacial score (nSPS) is 12.9. The number of ether oxygens (including phenoxy) is 1. The van der Waals surface area contributed by atoms with E-state index in [4.69, 9.17) is 4.74 Å². The molecule has 0 fully saturated rings. The van der Waals surface area contributed by atoms with Crippen molar-refractivity contribution in [3.63, 3.8) is 0 Å². The molecule has 0 heterocycles. The van der Waals surface area contributed by atoms with Crippen molar-refractivity contribution in [3.8, 4) is 0 Å². The molecule has 0 rings (SSSR count). The molecule has 0 unspecified atom stereocenters. The average molecular weight is 215 g/mol. The van der Waals surface area contributed by atoms with Gasteiger partial charge in [-0.05, 0) is 40.0 Å². The van der Waals surface area contributed by atoms with Crippen LogP contribution in [0.15, 0.2) is 5.16 Å². The van der Waals surface area contributed by atoms with Gasteiger partial charge in [-0.3, -0.25) is 4.84 Å². The number of carbonyl (C=O) groups excluding carboxylic acids is 1. The molecule has 0 atom stereocenters. The first-order chi connectivity index (χ1) is 6.70. The minimum atomic E-state index is -0.759. The third-order valence-electron chi connectivity index (χ3n) is 1.37. The Labute approximate surface area is 91.6 Å². The number of hydrogen-bond acceptors (Lipinski definition) is 4. The summed E-state index contributed by atoms with van der Waals surface area (Å²) >= 11 is 0. The predicted molar refractivity (Wildman–Crippen MR) is 59.9 cm³/mol. The molecule has 0 saturated heterocycles. The minimum Gasteiger partial charge on any atom is -0.427 e. The van der Waals surface area contributed by atoms with E-state index in [0.717, 1.165) is 12.1 Å². The molecule has 0 aliphatic carbocycles. The maximum atomic E-state index is 11.1. The van der Waals surface area contributed by atoms with E-state index in [1.807, 2.05) is 6.92 Å². The van der Waals surface area contributed by atoms with Crippen molar-refractivity contribution in [2.24, 2.45) is 11.1 Å². The van der Waals surface area contributed by atoms with Crippen LogP contribution in [0.25, 0.3) is 0 Å². The Bertz CT molecular complexity index is 239. The van der Waals surface area contributed by atoms with Gasteiger partial charge in [-0.15, -0.1) is 0 Å². The van der Waals surface area contributed by atoms with Gasteiger partial charge in [-0.25, -0.2) is 4.79 Å². The van der Waals surface area contributed by atoms with E-state index < -0.39 is 11.8 Å². The van der Waals surface area contributed by atoms with Crippen LogP contribution in [0, 0.1) is 5.92 Å². The van der Waals surface area contributed by atoms with Crippen LogP contribution in [0.1, 0.15) is 48.0 Å². The van der Waals surface area contributed by atoms with E-state index >= 15 is 0 Å². The Morgan fingerprint density at radius 2 is 1.87 bits per heavy atom. The van der Waals surface area contributed by atoms with Crippen molar-refractivity contribution in [2.75, 3.05) is 0 Å². The standard InChI is InChI=1S/C11H21NO3/c1-8(2)7-9(3)12-15-10(13)14-11(4,5)6/h8H,7H2,1-6H3. The molecule has 0 amide bonds. The number of rotatable bonds is 3. The van der Waals surface area contributed by atoms with E-state index in [2.05, 4.69) is 23.8 Å². The summed E-state index contributed by atoms with van der Waals surface area (Å²) in [5, 5.41) is 3.69. The number of hydrogen-bond donors (Lipinski definition) is 0. The van der Waals surface area contributed by atoms with Gasteiger partial charge in [0.05, 0.1) is 5.71 Å². The van der Waals surface area contributed by atoms with E-state index in [-0.39, 0.29) is 0 Å². The molecule has 4 nitrogen and oxygen atoms in total. The molecule has 4 heteroatoms. The van der Waals surface area contributed by atoms with Gasteiger partial charge in [-0.1, -0.05) is 19.0 Å². The van der Waals surface area contributed by atoms with Crippen molar-refractivity contribution in [1.29, 1.82) is 0 Å². The molecular formula is C11H21NO3. The van der Waals surface area contributed by atoms with Crippen LogP contribution in [-0.2, 0) is 9.57 Å². The Kier molecular flexibility index (Phi) is 5.33. The summed E-state index contributed by atoms with van der Waals surface area (Å²) in [7, 11) is 0. The largest absolute Gasteiger partial charge is 0.535 e. The lowest BCUT2D eigenvalue weighted by Crippen LogP contribution is -2.23. The lowest BCUT2D eigenvalue weighted by molar-refractivity contribution is -0.00638. The summed E-state index contributed by atoms with van der Waals surface area (Å²) < 4.78 is 4.92. The Morgan fingerprint density at radius 3 is 2.27 bits per heavy atom.